The first-order valence-electron chi connectivity index (χ1n) is 8.53. The number of hydrogen-bond acceptors (Lipinski definition) is 5. The lowest BCUT2D eigenvalue weighted by Crippen LogP contribution is -2.49. The molecule has 1 rings (SSSR count). The van der Waals surface area contributed by atoms with Crippen LogP contribution in [0, 0.1) is 6.57 Å². The van der Waals surface area contributed by atoms with Gasteiger partial charge in [-0.1, -0.05) is 0 Å². The normalized spacial score (nSPS) is 27.2. The maximum Gasteiger partial charge on any atom is 0.259 e. The summed E-state index contributed by atoms with van der Waals surface area (Å²) in [5.41, 5.74) is -0.874. The van der Waals surface area contributed by atoms with Gasteiger partial charge in [0.15, 0.2) is 0 Å². The maximum atomic E-state index is 7.80. The average Bonchev–Trinajstić information content (AvgIpc) is 2.52. The van der Waals surface area contributed by atoms with Crippen molar-refractivity contribution in [1.29, 1.82) is 0 Å². The molecule has 0 amide bonds. The van der Waals surface area contributed by atoms with Crippen LogP contribution in [-0.2, 0) is 18.5 Å². The Balaban J connectivity index is 2.77. The Labute approximate surface area is 144 Å². The Morgan fingerprint density at radius 3 is 2.65 bits per heavy atom. The summed E-state index contributed by atoms with van der Waals surface area (Å²) in [6, 6.07) is -0.100. The standard InChI is InChI=1S/C15H28BN2O4P/c1-12(2)18(13(3)4)23(20-8-7-17-6)21-11-15(5)10-19-9-14(16)22-15/h12-14H,7-11H2,1-5H3/t14-,15+,23?/m1/s1/i5D. The van der Waals surface area contributed by atoms with Crippen LogP contribution in [0.2, 0.25) is 0 Å². The molecule has 0 aromatic heterocycles. The van der Waals surface area contributed by atoms with E-state index in [0.717, 1.165) is 0 Å². The molecule has 0 aromatic rings. The number of ether oxygens (including phenoxy) is 2. The molecule has 1 aliphatic heterocycles. The van der Waals surface area contributed by atoms with Crippen LogP contribution >= 0.6 is 8.53 Å². The fourth-order valence-corrected chi connectivity index (χ4v) is 3.99. The van der Waals surface area contributed by atoms with E-state index >= 15 is 0 Å². The molecule has 1 heterocycles. The van der Waals surface area contributed by atoms with Gasteiger partial charge in [0.25, 0.3) is 8.53 Å². The van der Waals surface area contributed by atoms with E-state index in [4.69, 9.17) is 34.3 Å². The van der Waals surface area contributed by atoms with Gasteiger partial charge in [0.1, 0.15) is 20.1 Å². The molecule has 3 atom stereocenters. The van der Waals surface area contributed by atoms with E-state index in [1.807, 2.05) is 0 Å². The van der Waals surface area contributed by atoms with Crippen molar-refractivity contribution >= 4 is 16.4 Å². The fraction of sp³-hybridized carbons (Fsp3) is 0.933. The minimum absolute atomic E-state index is 0.00468. The Bertz CT molecular complexity index is 405. The second-order valence-electron chi connectivity index (χ2n) is 6.15. The molecular formula is C15H28BN2O4P. The van der Waals surface area contributed by atoms with Crippen molar-refractivity contribution in [3.63, 3.8) is 0 Å². The second kappa shape index (κ2) is 9.93. The molecule has 2 radical (unpaired) electrons. The van der Waals surface area contributed by atoms with Gasteiger partial charge in [-0.25, -0.2) is 11.2 Å². The first-order chi connectivity index (χ1) is 11.3. The van der Waals surface area contributed by atoms with Crippen molar-refractivity contribution in [3.8, 4) is 0 Å². The van der Waals surface area contributed by atoms with Gasteiger partial charge in [0.2, 0.25) is 6.54 Å². The molecule has 0 saturated carbocycles. The smallest absolute Gasteiger partial charge is 0.259 e. The molecule has 0 spiro atoms. The summed E-state index contributed by atoms with van der Waals surface area (Å²) >= 11 is 0. The van der Waals surface area contributed by atoms with E-state index in [1.165, 1.54) is 0 Å². The zero-order valence-electron chi connectivity index (χ0n) is 15.5. The third-order valence-corrected chi connectivity index (χ3v) is 5.19. The maximum absolute atomic E-state index is 7.80. The predicted octanol–water partition coefficient (Wildman–Crippen LogP) is 2.58. The minimum Gasteiger partial charge on any atom is -0.377 e. The summed E-state index contributed by atoms with van der Waals surface area (Å²) < 4.78 is 33.0. The molecule has 23 heavy (non-hydrogen) atoms. The van der Waals surface area contributed by atoms with Crippen molar-refractivity contribution in [2.75, 3.05) is 33.0 Å². The molecule has 0 bridgehead atoms. The van der Waals surface area contributed by atoms with Crippen LogP contribution in [0.1, 0.15) is 36.0 Å². The molecule has 1 fully saturated rings. The Morgan fingerprint density at radius 1 is 1.43 bits per heavy atom. The van der Waals surface area contributed by atoms with E-state index in [1.54, 1.807) is 0 Å². The van der Waals surface area contributed by atoms with Crippen molar-refractivity contribution in [3.05, 3.63) is 11.4 Å². The van der Waals surface area contributed by atoms with Crippen LogP contribution in [-0.4, -0.2) is 69.2 Å². The van der Waals surface area contributed by atoms with Crippen molar-refractivity contribution in [2.24, 2.45) is 0 Å². The molecule has 1 saturated heterocycles. The summed E-state index contributed by atoms with van der Waals surface area (Å²) in [6.45, 7) is 16.6. The van der Waals surface area contributed by atoms with Gasteiger partial charge in [-0.2, -0.15) is 0 Å². The third-order valence-electron chi connectivity index (χ3n) is 3.14. The molecular weight excluding hydrogens is 314 g/mol. The third kappa shape index (κ3) is 7.05. The minimum atomic E-state index is -1.36. The van der Waals surface area contributed by atoms with E-state index in [2.05, 4.69) is 37.2 Å². The molecule has 6 nitrogen and oxygen atoms in total. The molecule has 0 aliphatic carbocycles. The highest BCUT2D eigenvalue weighted by Crippen LogP contribution is 2.46. The topological polar surface area (TPSA) is 44.5 Å². The van der Waals surface area contributed by atoms with Crippen LogP contribution in [0.4, 0.5) is 0 Å². The van der Waals surface area contributed by atoms with Crippen LogP contribution < -0.4 is 0 Å². The van der Waals surface area contributed by atoms with Crippen molar-refractivity contribution in [1.82, 2.24) is 4.67 Å². The number of hydrogen-bond donors (Lipinski definition) is 0. The first-order valence-corrected chi connectivity index (χ1v) is 8.96. The van der Waals surface area contributed by atoms with Crippen LogP contribution in [0.5, 0.6) is 0 Å². The van der Waals surface area contributed by atoms with Gasteiger partial charge < -0.3 is 23.4 Å². The zero-order chi connectivity index (χ0) is 18.2. The summed E-state index contributed by atoms with van der Waals surface area (Å²) in [5, 5.41) is 0. The number of rotatable bonds is 9. The lowest BCUT2D eigenvalue weighted by Gasteiger charge is -2.40. The SMILES string of the molecule is [2H]C[C@@]1(COP(OCC[N+]#[C-])N(C(C)C)C(C)C)COC[C@H]([B])O1. The summed E-state index contributed by atoms with van der Waals surface area (Å²) in [5.74, 6) is 0. The molecule has 1 aliphatic rings. The highest BCUT2D eigenvalue weighted by atomic mass is 31.2. The lowest BCUT2D eigenvalue weighted by molar-refractivity contribution is -0.177. The van der Waals surface area contributed by atoms with Crippen LogP contribution in [0.15, 0.2) is 0 Å². The zero-order valence-corrected chi connectivity index (χ0v) is 15.4. The predicted molar refractivity (Wildman–Crippen MR) is 92.3 cm³/mol. The molecule has 0 N–H and O–H groups in total. The van der Waals surface area contributed by atoms with E-state index in [-0.39, 0.29) is 32.2 Å². The van der Waals surface area contributed by atoms with Gasteiger partial charge in [-0.3, -0.25) is 0 Å². The van der Waals surface area contributed by atoms with Gasteiger partial charge in [0, 0.05) is 19.5 Å². The van der Waals surface area contributed by atoms with E-state index < -0.39 is 20.1 Å². The molecule has 130 valence electrons. The van der Waals surface area contributed by atoms with E-state index in [9.17, 15) is 0 Å². The molecule has 1 unspecified atom stereocenters. The monoisotopic (exact) mass is 343 g/mol. The average molecular weight is 343 g/mol. The van der Waals surface area contributed by atoms with Crippen molar-refractivity contribution in [2.45, 2.75) is 58.3 Å². The highest BCUT2D eigenvalue weighted by Gasteiger charge is 2.35. The van der Waals surface area contributed by atoms with Gasteiger partial charge in [0.05, 0.1) is 19.8 Å². The highest BCUT2D eigenvalue weighted by molar-refractivity contribution is 7.44. The van der Waals surface area contributed by atoms with E-state index in [0.29, 0.717) is 19.8 Å². The Hall–Kier alpha value is -0.215. The summed E-state index contributed by atoms with van der Waals surface area (Å²) in [6.07, 6.45) is 0. The molecule has 0 aromatic carbocycles. The largest absolute Gasteiger partial charge is 0.377 e. The van der Waals surface area contributed by atoms with Gasteiger partial charge in [-0.15, -0.1) is 0 Å². The Kier molecular flexibility index (Phi) is 8.25. The summed E-state index contributed by atoms with van der Waals surface area (Å²) in [7, 11) is 4.43. The lowest BCUT2D eigenvalue weighted by atomic mass is 9.97. The van der Waals surface area contributed by atoms with Gasteiger partial charge in [-0.05, 0) is 34.6 Å². The van der Waals surface area contributed by atoms with Crippen LogP contribution in [0.25, 0.3) is 4.85 Å². The fourth-order valence-electron chi connectivity index (χ4n) is 2.31. The second-order valence-corrected chi connectivity index (χ2v) is 7.60. The summed E-state index contributed by atoms with van der Waals surface area (Å²) in [4.78, 5) is 3.32. The van der Waals surface area contributed by atoms with Crippen LogP contribution in [0.3, 0.4) is 0 Å². The number of nitrogens with zero attached hydrogens (tertiary/aromatic N) is 2. The van der Waals surface area contributed by atoms with Crippen molar-refractivity contribution < 1.29 is 19.9 Å². The molecule has 8 heteroatoms. The Morgan fingerprint density at radius 2 is 2.13 bits per heavy atom. The van der Waals surface area contributed by atoms with Gasteiger partial charge >= 0.3 is 0 Å². The first kappa shape index (κ1) is 19.1. The quantitative estimate of drug-likeness (QED) is 0.279.